The molecule has 1 amide bonds. The Bertz CT molecular complexity index is 728. The van der Waals surface area contributed by atoms with Crippen LogP contribution in [0.2, 0.25) is 5.02 Å². The molecule has 0 saturated carbocycles. The predicted molar refractivity (Wildman–Crippen MR) is 91.7 cm³/mol. The predicted octanol–water partition coefficient (Wildman–Crippen LogP) is 3.21. The first kappa shape index (κ1) is 18.0. The Morgan fingerprint density at radius 3 is 2.71 bits per heavy atom. The molecule has 0 fully saturated rings. The zero-order valence-corrected chi connectivity index (χ0v) is 14.2. The summed E-state index contributed by atoms with van der Waals surface area (Å²) in [5.41, 5.74) is 1.94. The number of halogens is 1. The number of rotatable bonds is 8. The maximum Gasteiger partial charge on any atom is 0.303 e. The Morgan fingerprint density at radius 1 is 1.25 bits per heavy atom. The topological polar surface area (TPSA) is 84.2 Å². The molecule has 0 bridgehead atoms. The second-order valence-electron chi connectivity index (χ2n) is 5.47. The van der Waals surface area contributed by atoms with Crippen LogP contribution in [-0.4, -0.2) is 33.3 Å². The van der Waals surface area contributed by atoms with Crippen LogP contribution in [0.25, 0.3) is 5.69 Å². The van der Waals surface area contributed by atoms with E-state index >= 15 is 0 Å². The summed E-state index contributed by atoms with van der Waals surface area (Å²) in [4.78, 5) is 22.7. The second kappa shape index (κ2) is 8.49. The van der Waals surface area contributed by atoms with Gasteiger partial charge in [-0.3, -0.25) is 9.59 Å². The molecule has 1 aromatic heterocycles. The number of carbonyl (C=O) groups is 2. The molecule has 2 rings (SSSR count). The van der Waals surface area contributed by atoms with E-state index in [2.05, 4.69) is 10.4 Å². The molecule has 0 spiro atoms. The highest BCUT2D eigenvalue weighted by Gasteiger charge is 2.15. The summed E-state index contributed by atoms with van der Waals surface area (Å²) in [6.45, 7) is 2.33. The van der Waals surface area contributed by atoms with Gasteiger partial charge in [0.25, 0.3) is 5.91 Å². The standard InChI is InChI=1S/C17H20ClN3O3/c1-12-13(17(24)19-10-6-2-3-9-16(22)23)11-20-21(12)15-8-5-4-7-14(15)18/h4-5,7-8,11H,2-3,6,9-10H2,1H3,(H,19,24)(H,22,23). The first-order valence-corrected chi connectivity index (χ1v) is 8.18. The Labute approximate surface area is 145 Å². The minimum absolute atomic E-state index is 0.164. The number of nitrogens with zero attached hydrogens (tertiary/aromatic N) is 2. The van der Waals surface area contributed by atoms with Crippen molar-refractivity contribution in [3.05, 3.63) is 46.7 Å². The number of unbranched alkanes of at least 4 members (excludes halogenated alkanes) is 2. The fourth-order valence-corrected chi connectivity index (χ4v) is 2.59. The minimum Gasteiger partial charge on any atom is -0.481 e. The Balaban J connectivity index is 1.92. The van der Waals surface area contributed by atoms with Gasteiger partial charge in [0.15, 0.2) is 0 Å². The van der Waals surface area contributed by atoms with Crippen LogP contribution >= 0.6 is 11.6 Å². The fraction of sp³-hybridized carbons (Fsp3) is 0.353. The van der Waals surface area contributed by atoms with E-state index in [-0.39, 0.29) is 12.3 Å². The number of aromatic nitrogens is 2. The smallest absolute Gasteiger partial charge is 0.303 e. The third-order valence-corrected chi connectivity index (χ3v) is 4.01. The monoisotopic (exact) mass is 349 g/mol. The summed E-state index contributed by atoms with van der Waals surface area (Å²) in [5.74, 6) is -0.981. The number of hydrogen-bond acceptors (Lipinski definition) is 3. The molecule has 0 saturated heterocycles. The Morgan fingerprint density at radius 2 is 2.00 bits per heavy atom. The summed E-state index contributed by atoms with van der Waals surface area (Å²) in [6.07, 6.45) is 3.83. The van der Waals surface area contributed by atoms with Crippen LogP contribution in [0.3, 0.4) is 0 Å². The van der Waals surface area contributed by atoms with E-state index < -0.39 is 5.97 Å². The van der Waals surface area contributed by atoms with Gasteiger partial charge in [0.05, 0.1) is 28.2 Å². The van der Waals surface area contributed by atoms with Crippen LogP contribution < -0.4 is 5.32 Å². The van der Waals surface area contributed by atoms with Crippen LogP contribution in [0.15, 0.2) is 30.5 Å². The first-order chi connectivity index (χ1) is 11.5. The van der Waals surface area contributed by atoms with E-state index in [0.717, 1.165) is 18.5 Å². The van der Waals surface area contributed by atoms with Gasteiger partial charge < -0.3 is 10.4 Å². The van der Waals surface area contributed by atoms with Crippen molar-refractivity contribution in [1.82, 2.24) is 15.1 Å². The molecule has 7 heteroatoms. The molecular formula is C17H20ClN3O3. The largest absolute Gasteiger partial charge is 0.481 e. The number of hydrogen-bond donors (Lipinski definition) is 2. The lowest BCUT2D eigenvalue weighted by Crippen LogP contribution is -2.25. The first-order valence-electron chi connectivity index (χ1n) is 7.80. The van der Waals surface area contributed by atoms with Gasteiger partial charge in [-0.2, -0.15) is 5.10 Å². The van der Waals surface area contributed by atoms with Crippen LogP contribution in [0, 0.1) is 6.92 Å². The van der Waals surface area contributed by atoms with Gasteiger partial charge in [-0.1, -0.05) is 30.2 Å². The number of benzene rings is 1. The molecule has 0 unspecified atom stereocenters. The molecule has 24 heavy (non-hydrogen) atoms. The summed E-state index contributed by atoms with van der Waals surface area (Å²) in [7, 11) is 0. The van der Waals surface area contributed by atoms with Gasteiger partial charge in [-0.05, 0) is 31.9 Å². The minimum atomic E-state index is -0.790. The number of aliphatic carboxylic acids is 1. The highest BCUT2D eigenvalue weighted by Crippen LogP contribution is 2.21. The molecule has 128 valence electrons. The molecule has 1 heterocycles. The fourth-order valence-electron chi connectivity index (χ4n) is 2.37. The van der Waals surface area contributed by atoms with Crippen molar-refractivity contribution in [3.8, 4) is 5.69 Å². The molecule has 0 aliphatic heterocycles. The van der Waals surface area contributed by atoms with Crippen molar-refractivity contribution < 1.29 is 14.7 Å². The lowest BCUT2D eigenvalue weighted by Gasteiger charge is -2.08. The summed E-state index contributed by atoms with van der Waals surface area (Å²) < 4.78 is 1.64. The highest BCUT2D eigenvalue weighted by atomic mass is 35.5. The van der Waals surface area contributed by atoms with Crippen LogP contribution in [0.1, 0.15) is 41.7 Å². The molecule has 2 aromatic rings. The van der Waals surface area contributed by atoms with Gasteiger partial charge in [-0.25, -0.2) is 4.68 Å². The number of nitrogens with one attached hydrogen (secondary N) is 1. The van der Waals surface area contributed by atoms with Crippen molar-refractivity contribution in [2.75, 3.05) is 6.54 Å². The lowest BCUT2D eigenvalue weighted by atomic mass is 10.2. The Hall–Kier alpha value is -2.34. The maximum absolute atomic E-state index is 12.2. The number of carbonyl (C=O) groups excluding carboxylic acids is 1. The van der Waals surface area contributed by atoms with E-state index in [9.17, 15) is 9.59 Å². The van der Waals surface area contributed by atoms with E-state index in [1.54, 1.807) is 10.7 Å². The average molecular weight is 350 g/mol. The number of para-hydroxylation sites is 1. The van der Waals surface area contributed by atoms with Crippen molar-refractivity contribution >= 4 is 23.5 Å². The van der Waals surface area contributed by atoms with Crippen molar-refractivity contribution in [1.29, 1.82) is 0 Å². The lowest BCUT2D eigenvalue weighted by molar-refractivity contribution is -0.137. The molecule has 1 aromatic carbocycles. The van der Waals surface area contributed by atoms with E-state index in [1.165, 1.54) is 6.20 Å². The highest BCUT2D eigenvalue weighted by molar-refractivity contribution is 6.32. The van der Waals surface area contributed by atoms with Gasteiger partial charge in [0, 0.05) is 13.0 Å². The molecule has 0 aliphatic rings. The third-order valence-electron chi connectivity index (χ3n) is 3.69. The summed E-state index contributed by atoms with van der Waals surface area (Å²) in [5, 5.41) is 16.2. The summed E-state index contributed by atoms with van der Waals surface area (Å²) in [6, 6.07) is 7.31. The molecule has 0 aliphatic carbocycles. The van der Waals surface area contributed by atoms with Crippen LogP contribution in [0.5, 0.6) is 0 Å². The number of carboxylic acid groups (broad SMARTS) is 1. The quantitative estimate of drug-likeness (QED) is 0.717. The van der Waals surface area contributed by atoms with Crippen LogP contribution in [0.4, 0.5) is 0 Å². The van der Waals surface area contributed by atoms with Gasteiger partial charge in [-0.15, -0.1) is 0 Å². The SMILES string of the molecule is Cc1c(C(=O)NCCCCCC(=O)O)cnn1-c1ccccc1Cl. The van der Waals surface area contributed by atoms with Crippen molar-refractivity contribution in [2.24, 2.45) is 0 Å². The van der Waals surface area contributed by atoms with E-state index in [1.807, 2.05) is 25.1 Å². The molecule has 2 N–H and O–H groups in total. The third kappa shape index (κ3) is 4.58. The molecule has 6 nitrogen and oxygen atoms in total. The van der Waals surface area contributed by atoms with Crippen molar-refractivity contribution in [2.45, 2.75) is 32.6 Å². The molecule has 0 radical (unpaired) electrons. The van der Waals surface area contributed by atoms with Crippen molar-refractivity contribution in [3.63, 3.8) is 0 Å². The average Bonchev–Trinajstić information content (AvgIpc) is 2.92. The summed E-state index contributed by atoms with van der Waals surface area (Å²) >= 11 is 6.17. The molecular weight excluding hydrogens is 330 g/mol. The molecule has 0 atom stereocenters. The number of amides is 1. The zero-order chi connectivity index (χ0) is 17.5. The zero-order valence-electron chi connectivity index (χ0n) is 13.5. The Kier molecular flexibility index (Phi) is 6.37. The van der Waals surface area contributed by atoms with E-state index in [4.69, 9.17) is 16.7 Å². The maximum atomic E-state index is 12.2. The normalized spacial score (nSPS) is 10.6. The van der Waals surface area contributed by atoms with E-state index in [0.29, 0.717) is 29.2 Å². The van der Waals surface area contributed by atoms with Crippen LogP contribution in [-0.2, 0) is 4.79 Å². The van der Waals surface area contributed by atoms with Gasteiger partial charge in [0.2, 0.25) is 0 Å². The second-order valence-corrected chi connectivity index (χ2v) is 5.87. The van der Waals surface area contributed by atoms with Gasteiger partial charge >= 0.3 is 5.97 Å². The van der Waals surface area contributed by atoms with Gasteiger partial charge in [0.1, 0.15) is 0 Å². The number of carboxylic acids is 1.